The van der Waals surface area contributed by atoms with Crippen molar-refractivity contribution in [2.75, 3.05) is 12.1 Å². The number of allylic oxidation sites excluding steroid dienone is 1. The van der Waals surface area contributed by atoms with Crippen molar-refractivity contribution in [2.24, 2.45) is 10.9 Å². The van der Waals surface area contributed by atoms with Crippen LogP contribution in [0.3, 0.4) is 0 Å². The van der Waals surface area contributed by atoms with E-state index in [2.05, 4.69) is 17.1 Å². The second kappa shape index (κ2) is 8.69. The summed E-state index contributed by atoms with van der Waals surface area (Å²) in [6.45, 7) is 1.81. The topological polar surface area (TPSA) is 77.2 Å². The van der Waals surface area contributed by atoms with Crippen LogP contribution in [0, 0.1) is 5.92 Å². The van der Waals surface area contributed by atoms with Gasteiger partial charge in [-0.15, -0.1) is 5.01 Å². The van der Waals surface area contributed by atoms with E-state index in [4.69, 9.17) is 0 Å². The molecule has 33 heavy (non-hydrogen) atoms. The molecule has 0 aromatic heterocycles. The number of aliphatic imine (C=N–C) groups is 1. The van der Waals surface area contributed by atoms with E-state index in [1.807, 2.05) is 56.4 Å². The van der Waals surface area contributed by atoms with Gasteiger partial charge in [0.15, 0.2) is 5.78 Å². The van der Waals surface area contributed by atoms with Gasteiger partial charge in [0.25, 0.3) is 0 Å². The van der Waals surface area contributed by atoms with Gasteiger partial charge >= 0.3 is 5.91 Å². The fourth-order valence-corrected chi connectivity index (χ4v) is 5.35. The van der Waals surface area contributed by atoms with E-state index in [-0.39, 0.29) is 17.4 Å². The molecule has 170 valence electrons. The highest BCUT2D eigenvalue weighted by Crippen LogP contribution is 2.35. The molecule has 1 aliphatic heterocycles. The number of nitrogens with zero attached hydrogens (tertiary/aromatic N) is 2. The molecule has 3 unspecified atom stereocenters. The van der Waals surface area contributed by atoms with Gasteiger partial charge in [-0.3, -0.25) is 14.6 Å². The van der Waals surface area contributed by atoms with Crippen LogP contribution in [0.2, 0.25) is 0 Å². The van der Waals surface area contributed by atoms with E-state index in [9.17, 15) is 14.7 Å². The number of Topliss-reactive ketones (excluding diaryl/α,β-unsaturated/α-hetero) is 1. The fourth-order valence-electron chi connectivity index (χ4n) is 5.35. The van der Waals surface area contributed by atoms with Crippen LogP contribution < -0.4 is 15.1 Å². The van der Waals surface area contributed by atoms with E-state index in [1.54, 1.807) is 5.01 Å². The summed E-state index contributed by atoms with van der Waals surface area (Å²) in [4.78, 5) is 30.6. The van der Waals surface area contributed by atoms with E-state index in [0.717, 1.165) is 10.7 Å². The number of hydrogen-bond donors (Lipinski definition) is 1. The first-order valence-electron chi connectivity index (χ1n) is 11.8. The molecule has 0 radical (unpaired) electrons. The lowest BCUT2D eigenvalue weighted by molar-refractivity contribution is -0.837. The summed E-state index contributed by atoms with van der Waals surface area (Å²) in [6, 6.07) is 17.2. The number of rotatable bonds is 4. The van der Waals surface area contributed by atoms with E-state index in [1.165, 1.54) is 37.7 Å². The SMILES string of the molecule is CC1=C(C2C(=O)C(=Nc3ccc(C4CCCCC4)cc3)C2[O-])C(=O)N(c2ccccc2)[NH+]1C. The summed E-state index contributed by atoms with van der Waals surface area (Å²) in [7, 11) is 1.85. The lowest BCUT2D eigenvalue weighted by Gasteiger charge is -2.41. The minimum atomic E-state index is -1.33. The van der Waals surface area contributed by atoms with Crippen LogP contribution in [0.1, 0.15) is 50.5 Å². The standard InChI is InChI=1S/C27H28N3O3/c1-17-22(27(33)30(29(17)2)21-11-7-4-8-12-21)23-25(31)24(26(23)32)28-20-15-13-19(14-16-20)18-9-5-3-6-10-18/h4,7-8,11-16,18,23,25H,3,5-6,9-10H2,1-2H3/q-1/p+1. The first-order valence-corrected chi connectivity index (χ1v) is 11.8. The van der Waals surface area contributed by atoms with Crippen molar-refractivity contribution in [3.63, 3.8) is 0 Å². The van der Waals surface area contributed by atoms with Crippen molar-refractivity contribution in [2.45, 2.75) is 51.0 Å². The molecule has 2 fully saturated rings. The third-order valence-corrected chi connectivity index (χ3v) is 7.37. The smallest absolute Gasteiger partial charge is 0.306 e. The Kier molecular flexibility index (Phi) is 5.72. The Hall–Kier alpha value is -3.09. The van der Waals surface area contributed by atoms with Crippen molar-refractivity contribution >= 4 is 28.8 Å². The Morgan fingerprint density at radius 2 is 1.64 bits per heavy atom. The molecular formula is C27H29N3O3. The number of ketones is 1. The fraction of sp³-hybridized carbons (Fsp3) is 0.370. The normalized spacial score (nSPS) is 27.4. The predicted molar refractivity (Wildman–Crippen MR) is 125 cm³/mol. The van der Waals surface area contributed by atoms with Crippen molar-refractivity contribution in [1.29, 1.82) is 0 Å². The van der Waals surface area contributed by atoms with Gasteiger partial charge in [0, 0.05) is 6.92 Å². The van der Waals surface area contributed by atoms with Crippen molar-refractivity contribution in [1.82, 2.24) is 0 Å². The van der Waals surface area contributed by atoms with Gasteiger partial charge in [0.05, 0.1) is 35.6 Å². The maximum absolute atomic E-state index is 13.2. The van der Waals surface area contributed by atoms with Crippen LogP contribution in [0.4, 0.5) is 11.4 Å². The molecular weight excluding hydrogens is 414 g/mol. The Balaban J connectivity index is 1.34. The number of quaternary nitrogens is 1. The average Bonchev–Trinajstić information content (AvgIpc) is 3.07. The lowest BCUT2D eigenvalue weighted by Crippen LogP contribution is -3.13. The maximum Gasteiger partial charge on any atom is 0.306 e. The van der Waals surface area contributed by atoms with Crippen LogP contribution in [0.25, 0.3) is 0 Å². The highest BCUT2D eigenvalue weighted by Gasteiger charge is 2.51. The van der Waals surface area contributed by atoms with Gasteiger partial charge in [-0.1, -0.05) is 55.7 Å². The quantitative estimate of drug-likeness (QED) is 0.789. The third kappa shape index (κ3) is 3.73. The summed E-state index contributed by atoms with van der Waals surface area (Å²) in [6.07, 6.45) is 4.97. The minimum absolute atomic E-state index is 0.0225. The zero-order valence-electron chi connectivity index (χ0n) is 19.1. The van der Waals surface area contributed by atoms with Crippen molar-refractivity contribution in [3.8, 4) is 0 Å². The van der Waals surface area contributed by atoms with Gasteiger partial charge < -0.3 is 5.11 Å². The second-order valence-electron chi connectivity index (χ2n) is 9.29. The number of anilines is 1. The molecule has 6 heteroatoms. The molecule has 0 bridgehead atoms. The van der Waals surface area contributed by atoms with Crippen LogP contribution in [0.15, 0.2) is 70.9 Å². The van der Waals surface area contributed by atoms with E-state index >= 15 is 0 Å². The van der Waals surface area contributed by atoms with Crippen molar-refractivity contribution in [3.05, 3.63) is 71.4 Å². The molecule has 2 aromatic rings. The zero-order chi connectivity index (χ0) is 23.1. The molecule has 1 heterocycles. The second-order valence-corrected chi connectivity index (χ2v) is 9.29. The highest BCUT2D eigenvalue weighted by atomic mass is 16.3. The molecule has 2 aliphatic carbocycles. The number of nitrogens with one attached hydrogen (secondary N) is 1. The number of benzene rings is 2. The molecule has 0 saturated heterocycles. The summed E-state index contributed by atoms with van der Waals surface area (Å²) < 4.78 is 0. The Morgan fingerprint density at radius 3 is 2.27 bits per heavy atom. The van der Waals surface area contributed by atoms with Gasteiger partial charge in [0.1, 0.15) is 5.70 Å². The molecule has 0 spiro atoms. The van der Waals surface area contributed by atoms with Crippen LogP contribution in [0.5, 0.6) is 0 Å². The van der Waals surface area contributed by atoms with Gasteiger partial charge in [-0.2, -0.15) is 5.01 Å². The van der Waals surface area contributed by atoms with Gasteiger partial charge in [0.2, 0.25) is 0 Å². The van der Waals surface area contributed by atoms with Crippen LogP contribution in [-0.2, 0) is 9.59 Å². The first-order chi connectivity index (χ1) is 16.0. The summed E-state index contributed by atoms with van der Waals surface area (Å²) in [5.41, 5.74) is 3.70. The monoisotopic (exact) mass is 443 g/mol. The van der Waals surface area contributed by atoms with Gasteiger partial charge in [-0.25, -0.2) is 0 Å². The van der Waals surface area contributed by atoms with Crippen LogP contribution in [-0.4, -0.2) is 30.6 Å². The zero-order valence-corrected chi connectivity index (χ0v) is 19.1. The van der Waals surface area contributed by atoms with Crippen molar-refractivity contribution < 1.29 is 19.7 Å². The highest BCUT2D eigenvalue weighted by molar-refractivity contribution is 6.51. The average molecular weight is 444 g/mol. The van der Waals surface area contributed by atoms with Crippen LogP contribution >= 0.6 is 0 Å². The Morgan fingerprint density at radius 1 is 0.970 bits per heavy atom. The molecule has 1 N–H and O–H groups in total. The van der Waals surface area contributed by atoms with E-state index < -0.39 is 12.0 Å². The van der Waals surface area contributed by atoms with Gasteiger partial charge in [-0.05, 0) is 48.6 Å². The number of para-hydroxylation sites is 1. The molecule has 5 rings (SSSR count). The maximum atomic E-state index is 13.2. The number of amides is 1. The molecule has 6 nitrogen and oxygen atoms in total. The Bertz CT molecular complexity index is 1130. The number of hydrogen-bond acceptors (Lipinski definition) is 4. The van der Waals surface area contributed by atoms with E-state index in [0.29, 0.717) is 22.9 Å². The third-order valence-electron chi connectivity index (χ3n) is 7.37. The minimum Gasteiger partial charge on any atom is -0.847 e. The molecule has 2 aromatic carbocycles. The Labute approximate surface area is 194 Å². The molecule has 3 atom stereocenters. The number of carbonyl (C=O) groups excluding carboxylic acids is 2. The largest absolute Gasteiger partial charge is 0.847 e. The molecule has 1 amide bonds. The lowest BCUT2D eigenvalue weighted by atomic mass is 9.72. The first kappa shape index (κ1) is 21.7. The molecule has 2 saturated carbocycles. The molecule has 3 aliphatic rings. The summed E-state index contributed by atoms with van der Waals surface area (Å²) in [5, 5.41) is 15.4. The summed E-state index contributed by atoms with van der Waals surface area (Å²) in [5.74, 6) is -0.998. The summed E-state index contributed by atoms with van der Waals surface area (Å²) >= 11 is 0. The predicted octanol–water partition coefficient (Wildman–Crippen LogP) is 2.49. The number of carbonyl (C=O) groups is 2.